The van der Waals surface area contributed by atoms with Crippen LogP contribution >= 0.6 is 0 Å². The van der Waals surface area contributed by atoms with E-state index in [0.29, 0.717) is 24.7 Å². The van der Waals surface area contributed by atoms with Gasteiger partial charge in [0, 0.05) is 12.8 Å². The smallest absolute Gasteiger partial charge is 0.306 e. The van der Waals surface area contributed by atoms with Gasteiger partial charge in [0.2, 0.25) is 0 Å². The summed E-state index contributed by atoms with van der Waals surface area (Å²) in [6, 6.07) is 0. The van der Waals surface area contributed by atoms with Crippen molar-refractivity contribution in [3.8, 4) is 0 Å². The Balaban J connectivity index is 0. The molecule has 0 aromatic carbocycles. The molecule has 0 aliphatic heterocycles. The molecule has 0 saturated carbocycles. The zero-order chi connectivity index (χ0) is 31.7. The molecule has 252 valence electrons. The van der Waals surface area contributed by atoms with Gasteiger partial charge >= 0.3 is 11.9 Å². The summed E-state index contributed by atoms with van der Waals surface area (Å²) in [6.45, 7) is 12.8. The Morgan fingerprint density at radius 3 is 1.19 bits per heavy atom. The molecule has 4 heteroatoms. The lowest BCUT2D eigenvalue weighted by molar-refractivity contribution is -0.147. The van der Waals surface area contributed by atoms with E-state index >= 15 is 0 Å². The Labute approximate surface area is 263 Å². The largest absolute Gasteiger partial charge is 0.481 e. The first-order valence-corrected chi connectivity index (χ1v) is 18.7. The van der Waals surface area contributed by atoms with E-state index in [2.05, 4.69) is 27.7 Å². The minimum atomic E-state index is -0.649. The van der Waals surface area contributed by atoms with Crippen LogP contribution in [0.4, 0.5) is 0 Å². The molecule has 1 N–H and O–H groups in total. The van der Waals surface area contributed by atoms with Gasteiger partial charge in [0.05, 0.1) is 6.10 Å². The van der Waals surface area contributed by atoms with Gasteiger partial charge in [-0.1, -0.05) is 175 Å². The van der Waals surface area contributed by atoms with Crippen LogP contribution in [0.1, 0.15) is 215 Å². The topological polar surface area (TPSA) is 63.6 Å². The van der Waals surface area contributed by atoms with E-state index in [9.17, 15) is 9.59 Å². The van der Waals surface area contributed by atoms with Crippen molar-refractivity contribution in [2.45, 2.75) is 221 Å². The molecule has 4 nitrogen and oxygen atoms in total. The quantitative estimate of drug-likeness (QED) is 0.0661. The van der Waals surface area contributed by atoms with Crippen molar-refractivity contribution in [3.05, 3.63) is 0 Å². The lowest BCUT2D eigenvalue weighted by atomic mass is 9.86. The number of carbonyl (C=O) groups is 2. The third kappa shape index (κ3) is 37.0. The molecule has 0 amide bonds. The maximum Gasteiger partial charge on any atom is 0.306 e. The Morgan fingerprint density at radius 2 is 0.857 bits per heavy atom. The molecule has 0 fully saturated rings. The van der Waals surface area contributed by atoms with Gasteiger partial charge in [-0.25, -0.2) is 0 Å². The average Bonchev–Trinajstić information content (AvgIpc) is 2.93. The summed E-state index contributed by atoms with van der Waals surface area (Å²) in [5.41, 5.74) is 0. The number of carbonyl (C=O) groups excluding carboxylic acids is 1. The molecule has 1 unspecified atom stereocenters. The molecule has 0 rings (SSSR count). The van der Waals surface area contributed by atoms with Crippen LogP contribution in [0.5, 0.6) is 0 Å². The number of ether oxygens (including phenoxy) is 1. The second-order valence-corrected chi connectivity index (χ2v) is 13.4. The Morgan fingerprint density at radius 1 is 0.500 bits per heavy atom. The Kier molecular flexibility index (Phi) is 35.3. The zero-order valence-electron chi connectivity index (χ0n) is 29.5. The van der Waals surface area contributed by atoms with Crippen LogP contribution in [0.3, 0.4) is 0 Å². The predicted octanol–water partition coefficient (Wildman–Crippen LogP) is 12.9. The normalized spacial score (nSPS) is 11.9. The lowest BCUT2D eigenvalue weighted by Crippen LogP contribution is -2.11. The SMILES string of the molecule is CCCCCCCCCCCCC(CCC(=O)O)C(C)C.CCCCCCCCCCCCCCCC(=O)OC(C)C. The number of unbranched alkanes of at least 4 members (excludes halogenated alkanes) is 21. The average molecular weight is 597 g/mol. The molecule has 0 aliphatic rings. The summed E-state index contributed by atoms with van der Waals surface area (Å²) in [5.74, 6) is 0.523. The van der Waals surface area contributed by atoms with Crippen molar-refractivity contribution in [2.75, 3.05) is 0 Å². The second-order valence-electron chi connectivity index (χ2n) is 13.4. The number of esters is 1. The highest BCUT2D eigenvalue weighted by Crippen LogP contribution is 2.24. The summed E-state index contributed by atoms with van der Waals surface area (Å²) in [4.78, 5) is 22.0. The summed E-state index contributed by atoms with van der Waals surface area (Å²) >= 11 is 0. The van der Waals surface area contributed by atoms with Crippen LogP contribution < -0.4 is 0 Å². The fourth-order valence-electron chi connectivity index (χ4n) is 5.62. The third-order valence-corrected chi connectivity index (χ3v) is 8.45. The van der Waals surface area contributed by atoms with E-state index in [1.165, 1.54) is 148 Å². The van der Waals surface area contributed by atoms with Crippen LogP contribution in [0.15, 0.2) is 0 Å². The predicted molar refractivity (Wildman–Crippen MR) is 183 cm³/mol. The van der Waals surface area contributed by atoms with Gasteiger partial charge in [0.25, 0.3) is 0 Å². The van der Waals surface area contributed by atoms with Gasteiger partial charge in [0.15, 0.2) is 0 Å². The van der Waals surface area contributed by atoms with Gasteiger partial charge in [0.1, 0.15) is 0 Å². The van der Waals surface area contributed by atoms with E-state index < -0.39 is 5.97 Å². The third-order valence-electron chi connectivity index (χ3n) is 8.45. The number of hydrogen-bond donors (Lipinski definition) is 1. The first-order chi connectivity index (χ1) is 20.2. The minimum Gasteiger partial charge on any atom is -0.481 e. The fraction of sp³-hybridized carbons (Fsp3) is 0.947. The molecule has 42 heavy (non-hydrogen) atoms. The van der Waals surface area contributed by atoms with Crippen LogP contribution in [-0.4, -0.2) is 23.1 Å². The molecule has 0 spiro atoms. The van der Waals surface area contributed by atoms with Crippen LogP contribution in [0.2, 0.25) is 0 Å². The second kappa shape index (κ2) is 34.4. The lowest BCUT2D eigenvalue weighted by Gasteiger charge is -2.19. The number of hydrogen-bond acceptors (Lipinski definition) is 3. The van der Waals surface area contributed by atoms with E-state index in [4.69, 9.17) is 9.84 Å². The van der Waals surface area contributed by atoms with Crippen molar-refractivity contribution in [1.29, 1.82) is 0 Å². The fourth-order valence-corrected chi connectivity index (χ4v) is 5.62. The van der Waals surface area contributed by atoms with Gasteiger partial charge in [-0.05, 0) is 38.5 Å². The van der Waals surface area contributed by atoms with Crippen LogP contribution in [0.25, 0.3) is 0 Å². The van der Waals surface area contributed by atoms with E-state index in [1.54, 1.807) is 0 Å². The maximum absolute atomic E-state index is 11.3. The highest BCUT2D eigenvalue weighted by atomic mass is 16.5. The van der Waals surface area contributed by atoms with E-state index in [1.807, 2.05) is 13.8 Å². The molecule has 0 aromatic rings. The van der Waals surface area contributed by atoms with Crippen molar-refractivity contribution in [2.24, 2.45) is 11.8 Å². The molecule has 1 atom stereocenters. The number of aliphatic carboxylic acids is 1. The highest BCUT2D eigenvalue weighted by Gasteiger charge is 2.14. The Bertz CT molecular complexity index is 557. The van der Waals surface area contributed by atoms with E-state index in [-0.39, 0.29) is 12.1 Å². The summed E-state index contributed by atoms with van der Waals surface area (Å²) < 4.78 is 5.12. The summed E-state index contributed by atoms with van der Waals surface area (Å²) in [6.07, 6.45) is 34.1. The van der Waals surface area contributed by atoms with Crippen molar-refractivity contribution < 1.29 is 19.4 Å². The van der Waals surface area contributed by atoms with Crippen molar-refractivity contribution in [1.82, 2.24) is 0 Å². The van der Waals surface area contributed by atoms with Crippen molar-refractivity contribution >= 4 is 11.9 Å². The molecule has 0 radical (unpaired) electrons. The zero-order valence-corrected chi connectivity index (χ0v) is 29.5. The first-order valence-electron chi connectivity index (χ1n) is 18.7. The van der Waals surface area contributed by atoms with Gasteiger partial charge < -0.3 is 9.84 Å². The molecule has 0 aromatic heterocycles. The van der Waals surface area contributed by atoms with E-state index in [0.717, 1.165) is 12.8 Å². The molecule has 0 bridgehead atoms. The number of rotatable bonds is 30. The standard InChI is InChI=1S/2C19H38O2/c1-4-5-6-7-8-9-10-11-12-13-14-18(17(2)3)15-16-19(20)21;1-4-5-6-7-8-9-10-11-12-13-14-15-16-17-19(20)21-18(2)3/h17-18H,4-16H2,1-3H3,(H,20,21);18H,4-17H2,1-3H3. The summed E-state index contributed by atoms with van der Waals surface area (Å²) in [7, 11) is 0. The van der Waals surface area contributed by atoms with Crippen molar-refractivity contribution in [3.63, 3.8) is 0 Å². The highest BCUT2D eigenvalue weighted by molar-refractivity contribution is 5.69. The summed E-state index contributed by atoms with van der Waals surface area (Å²) in [5, 5.41) is 8.79. The molecular formula is C38H76O4. The molecule has 0 saturated heterocycles. The van der Waals surface area contributed by atoms with Gasteiger partial charge in [-0.2, -0.15) is 0 Å². The minimum absolute atomic E-state index is 0.0273. The number of carboxylic acid groups (broad SMARTS) is 1. The van der Waals surface area contributed by atoms with Gasteiger partial charge in [-0.3, -0.25) is 9.59 Å². The molecular weight excluding hydrogens is 520 g/mol. The van der Waals surface area contributed by atoms with Crippen LogP contribution in [-0.2, 0) is 14.3 Å². The molecule has 0 heterocycles. The Hall–Kier alpha value is -1.06. The monoisotopic (exact) mass is 597 g/mol. The number of carboxylic acids is 1. The maximum atomic E-state index is 11.3. The first kappa shape index (κ1) is 43.1. The van der Waals surface area contributed by atoms with Crippen LogP contribution in [0, 0.1) is 11.8 Å². The molecule has 0 aliphatic carbocycles. The van der Waals surface area contributed by atoms with Gasteiger partial charge in [-0.15, -0.1) is 0 Å².